The average molecular weight is 463 g/mol. The van der Waals surface area contributed by atoms with E-state index in [0.717, 1.165) is 4.47 Å². The first-order valence-corrected chi connectivity index (χ1v) is 9.41. The number of nitrogens with zero attached hydrogens (tertiary/aromatic N) is 1. The molecular weight excluding hydrogens is 438 g/mol. The molecule has 0 radical (unpaired) electrons. The topological polar surface area (TPSA) is 89.0 Å². The minimum absolute atomic E-state index is 0.102. The van der Waals surface area contributed by atoms with E-state index in [9.17, 15) is 9.59 Å². The molecule has 0 unspecified atom stereocenters. The second-order valence-corrected chi connectivity index (χ2v) is 8.98. The van der Waals surface area contributed by atoms with Crippen molar-refractivity contribution in [2.24, 2.45) is 4.99 Å². The minimum Gasteiger partial charge on any atom is -0.444 e. The van der Waals surface area contributed by atoms with Crippen LogP contribution in [0.3, 0.4) is 0 Å². The summed E-state index contributed by atoms with van der Waals surface area (Å²) in [5.74, 6) is -0.102. The van der Waals surface area contributed by atoms with Crippen molar-refractivity contribution in [3.05, 3.63) is 33.3 Å². The summed E-state index contributed by atoms with van der Waals surface area (Å²) in [6, 6.07) is 5.32. The van der Waals surface area contributed by atoms with Crippen LogP contribution in [0.5, 0.6) is 0 Å². The van der Waals surface area contributed by atoms with Gasteiger partial charge in [0, 0.05) is 9.50 Å². The van der Waals surface area contributed by atoms with Gasteiger partial charge in [-0.05, 0) is 65.3 Å². The molecule has 7 nitrogen and oxygen atoms in total. The first-order valence-electron chi connectivity index (χ1n) is 8.23. The molecule has 1 rings (SSSR count). The van der Waals surface area contributed by atoms with E-state index < -0.39 is 23.4 Å². The van der Waals surface area contributed by atoms with Gasteiger partial charge in [0.15, 0.2) is 0 Å². The molecule has 150 valence electrons. The summed E-state index contributed by atoms with van der Waals surface area (Å²) >= 11 is 9.51. The monoisotopic (exact) mass is 461 g/mol. The largest absolute Gasteiger partial charge is 0.444 e. The van der Waals surface area contributed by atoms with Gasteiger partial charge in [-0.2, -0.15) is 0 Å². The van der Waals surface area contributed by atoms with Crippen LogP contribution in [-0.4, -0.2) is 29.3 Å². The van der Waals surface area contributed by atoms with Gasteiger partial charge in [-0.1, -0.05) is 27.5 Å². The zero-order chi connectivity index (χ0) is 20.8. The lowest BCUT2D eigenvalue weighted by atomic mass is 10.2. The Labute approximate surface area is 173 Å². The van der Waals surface area contributed by atoms with Gasteiger partial charge in [0.05, 0.1) is 6.54 Å². The molecular formula is C18H25BrClN3O4. The van der Waals surface area contributed by atoms with Crippen molar-refractivity contribution >= 4 is 45.7 Å². The zero-order valence-electron chi connectivity index (χ0n) is 16.3. The molecule has 9 heteroatoms. The van der Waals surface area contributed by atoms with Gasteiger partial charge >= 0.3 is 12.2 Å². The van der Waals surface area contributed by atoms with Crippen LogP contribution in [0.2, 0.25) is 5.02 Å². The molecule has 2 amide bonds. The Bertz CT molecular complexity index is 692. The van der Waals surface area contributed by atoms with E-state index in [-0.39, 0.29) is 12.5 Å². The number of nitrogens with one attached hydrogen (secondary N) is 2. The van der Waals surface area contributed by atoms with Gasteiger partial charge < -0.3 is 9.47 Å². The molecule has 1 aromatic rings. The summed E-state index contributed by atoms with van der Waals surface area (Å²) < 4.78 is 11.2. The summed E-state index contributed by atoms with van der Waals surface area (Å²) in [7, 11) is 0. The molecule has 0 aliphatic rings. The van der Waals surface area contributed by atoms with Crippen molar-refractivity contribution in [3.63, 3.8) is 0 Å². The number of guanidine groups is 1. The number of hydrogen-bond acceptors (Lipinski definition) is 5. The van der Waals surface area contributed by atoms with Crippen LogP contribution in [0.4, 0.5) is 9.59 Å². The van der Waals surface area contributed by atoms with Crippen LogP contribution < -0.4 is 10.6 Å². The number of halogens is 2. The molecule has 0 fully saturated rings. The van der Waals surface area contributed by atoms with Gasteiger partial charge in [-0.3, -0.25) is 10.6 Å². The average Bonchev–Trinajstić information content (AvgIpc) is 2.43. The van der Waals surface area contributed by atoms with E-state index >= 15 is 0 Å². The Morgan fingerprint density at radius 1 is 1.04 bits per heavy atom. The third-order valence-corrected chi connectivity index (χ3v) is 3.52. The molecule has 0 aromatic heterocycles. The summed E-state index contributed by atoms with van der Waals surface area (Å²) in [6.07, 6.45) is -1.50. The van der Waals surface area contributed by atoms with Crippen LogP contribution in [0.25, 0.3) is 0 Å². The number of rotatable bonds is 2. The highest BCUT2D eigenvalue weighted by molar-refractivity contribution is 9.10. The highest BCUT2D eigenvalue weighted by Gasteiger charge is 2.21. The summed E-state index contributed by atoms with van der Waals surface area (Å²) in [5.41, 5.74) is -0.691. The van der Waals surface area contributed by atoms with Gasteiger partial charge in [0.1, 0.15) is 11.2 Å². The van der Waals surface area contributed by atoms with Crippen molar-refractivity contribution in [1.82, 2.24) is 10.6 Å². The van der Waals surface area contributed by atoms with Crippen LogP contribution >= 0.6 is 27.5 Å². The molecule has 27 heavy (non-hydrogen) atoms. The number of carbonyl (C=O) groups excluding carboxylic acids is 2. The van der Waals surface area contributed by atoms with Crippen molar-refractivity contribution in [2.45, 2.75) is 59.3 Å². The van der Waals surface area contributed by atoms with Gasteiger partial charge in [0.2, 0.25) is 5.96 Å². The fraction of sp³-hybridized carbons (Fsp3) is 0.500. The quantitative estimate of drug-likeness (QED) is 0.478. The molecule has 0 atom stereocenters. The molecule has 0 aliphatic carbocycles. The Hall–Kier alpha value is -1.80. The molecule has 0 aliphatic heterocycles. The van der Waals surface area contributed by atoms with Crippen molar-refractivity contribution in [1.29, 1.82) is 0 Å². The predicted octanol–water partition coefficient (Wildman–Crippen LogP) is 5.01. The lowest BCUT2D eigenvalue weighted by Crippen LogP contribution is -2.47. The van der Waals surface area contributed by atoms with Gasteiger partial charge in [-0.15, -0.1) is 0 Å². The normalized spacial score (nSPS) is 11.4. The highest BCUT2D eigenvalue weighted by atomic mass is 79.9. The SMILES string of the molecule is CC(C)(C)OC(=O)NC(=NCc1cc(Br)ccc1Cl)NC(=O)OC(C)(C)C. The third kappa shape index (κ3) is 10.2. The predicted molar refractivity (Wildman–Crippen MR) is 109 cm³/mol. The zero-order valence-corrected chi connectivity index (χ0v) is 18.6. The molecule has 2 N–H and O–H groups in total. The van der Waals surface area contributed by atoms with Gasteiger partial charge in [-0.25, -0.2) is 14.6 Å². The third-order valence-electron chi connectivity index (χ3n) is 2.65. The Balaban J connectivity index is 2.96. The number of alkyl carbamates (subject to hydrolysis) is 2. The minimum atomic E-state index is -0.752. The molecule has 1 aromatic carbocycles. The Morgan fingerprint density at radius 2 is 1.52 bits per heavy atom. The summed E-state index contributed by atoms with van der Waals surface area (Å²) in [5, 5.41) is 5.34. The van der Waals surface area contributed by atoms with Crippen LogP contribution in [-0.2, 0) is 16.0 Å². The van der Waals surface area contributed by atoms with E-state index in [2.05, 4.69) is 31.6 Å². The molecule has 0 spiro atoms. The number of amides is 2. The number of ether oxygens (including phenoxy) is 2. The molecule has 0 heterocycles. The van der Waals surface area contributed by atoms with Crippen molar-refractivity contribution in [3.8, 4) is 0 Å². The van der Waals surface area contributed by atoms with Gasteiger partial charge in [0.25, 0.3) is 0 Å². The standard InChI is InChI=1S/C18H25BrClN3O4/c1-17(2,3)26-15(24)22-14(23-16(25)27-18(4,5)6)21-10-11-9-12(19)7-8-13(11)20/h7-9H,10H2,1-6H3,(H2,21,22,23,24,25). The van der Waals surface area contributed by atoms with Crippen LogP contribution in [0, 0.1) is 0 Å². The van der Waals surface area contributed by atoms with E-state index in [4.69, 9.17) is 21.1 Å². The first-order chi connectivity index (χ1) is 12.2. The number of benzene rings is 1. The second-order valence-electron chi connectivity index (χ2n) is 7.65. The summed E-state index contributed by atoms with van der Waals surface area (Å²) in [6.45, 7) is 10.5. The van der Waals surface area contributed by atoms with E-state index in [1.807, 2.05) is 0 Å². The molecule has 0 saturated heterocycles. The maximum atomic E-state index is 12.0. The number of hydrogen-bond donors (Lipinski definition) is 2. The van der Waals surface area contributed by atoms with Crippen molar-refractivity contribution < 1.29 is 19.1 Å². The smallest absolute Gasteiger partial charge is 0.414 e. The second kappa shape index (κ2) is 9.41. The lowest BCUT2D eigenvalue weighted by Gasteiger charge is -2.22. The maximum absolute atomic E-state index is 12.0. The molecule has 0 bridgehead atoms. The van der Waals surface area contributed by atoms with E-state index in [1.54, 1.807) is 59.7 Å². The van der Waals surface area contributed by atoms with Crippen molar-refractivity contribution in [2.75, 3.05) is 0 Å². The Kier molecular flexibility index (Phi) is 8.10. The van der Waals surface area contributed by atoms with Crippen LogP contribution in [0.15, 0.2) is 27.7 Å². The number of carbonyl (C=O) groups is 2. The summed E-state index contributed by atoms with van der Waals surface area (Å²) in [4.78, 5) is 28.3. The number of aliphatic imine (C=N–C) groups is 1. The van der Waals surface area contributed by atoms with Crippen LogP contribution in [0.1, 0.15) is 47.1 Å². The highest BCUT2D eigenvalue weighted by Crippen LogP contribution is 2.21. The fourth-order valence-corrected chi connectivity index (χ4v) is 2.33. The lowest BCUT2D eigenvalue weighted by molar-refractivity contribution is 0.0545. The maximum Gasteiger partial charge on any atom is 0.414 e. The van der Waals surface area contributed by atoms with E-state index in [0.29, 0.717) is 10.6 Å². The van der Waals surface area contributed by atoms with E-state index in [1.165, 1.54) is 0 Å². The Morgan fingerprint density at radius 3 is 1.96 bits per heavy atom. The molecule has 0 saturated carbocycles. The first kappa shape index (κ1) is 23.2. The fourth-order valence-electron chi connectivity index (χ4n) is 1.74.